The van der Waals surface area contributed by atoms with Crippen LogP contribution >= 0.6 is 0 Å². The first-order valence-corrected chi connectivity index (χ1v) is 14.0. The number of nitro benzene ring substituents is 1. The van der Waals surface area contributed by atoms with E-state index >= 15 is 0 Å². The monoisotopic (exact) mass is 557 g/mol. The van der Waals surface area contributed by atoms with Gasteiger partial charge in [-0.2, -0.15) is 9.78 Å². The Hall–Kier alpha value is -3.81. The first kappa shape index (κ1) is 28.2. The summed E-state index contributed by atoms with van der Waals surface area (Å²) in [5.41, 5.74) is 1.62. The predicted octanol–water partition coefficient (Wildman–Crippen LogP) is 3.79. The van der Waals surface area contributed by atoms with E-state index in [1.165, 1.54) is 10.7 Å². The van der Waals surface area contributed by atoms with E-state index < -0.39 is 37.5 Å². The third-order valence-corrected chi connectivity index (χ3v) is 7.78. The van der Waals surface area contributed by atoms with Gasteiger partial charge in [-0.1, -0.05) is 17.7 Å². The molecule has 1 atom stereocenters. The number of carbonyl (C=O) groups is 1. The molecule has 1 amide bonds. The molecule has 39 heavy (non-hydrogen) atoms. The zero-order valence-corrected chi connectivity index (χ0v) is 22.9. The lowest BCUT2D eigenvalue weighted by Crippen LogP contribution is -2.32. The molecule has 1 saturated heterocycles. The smallest absolute Gasteiger partial charge is 0.272 e. The lowest BCUT2D eigenvalue weighted by Gasteiger charge is -2.15. The quantitative estimate of drug-likeness (QED) is 0.282. The number of amides is 1. The number of nitrogens with zero attached hydrogens (tertiary/aromatic N) is 3. The number of nitrogens with one attached hydrogen (secondary N) is 2. The van der Waals surface area contributed by atoms with Crippen molar-refractivity contribution in [3.8, 4) is 17.3 Å². The highest BCUT2D eigenvalue weighted by atomic mass is 32.2. The van der Waals surface area contributed by atoms with Crippen LogP contribution in [0.25, 0.3) is 5.69 Å². The van der Waals surface area contributed by atoms with Gasteiger partial charge in [-0.05, 0) is 58.7 Å². The summed E-state index contributed by atoms with van der Waals surface area (Å²) in [7, 11) is -4.19. The molecule has 1 aromatic heterocycles. The lowest BCUT2D eigenvalue weighted by molar-refractivity contribution is -0.385. The van der Waals surface area contributed by atoms with E-state index in [4.69, 9.17) is 9.47 Å². The molecule has 12 nitrogen and oxygen atoms in total. The summed E-state index contributed by atoms with van der Waals surface area (Å²) >= 11 is 0. The molecule has 0 bridgehead atoms. The number of hydrogen-bond donors (Lipinski definition) is 2. The zero-order chi connectivity index (χ0) is 28.3. The summed E-state index contributed by atoms with van der Waals surface area (Å²) in [6.07, 6.45) is 1.73. The topological polar surface area (TPSA) is 155 Å². The second kappa shape index (κ2) is 11.5. The molecule has 0 unspecified atom stereocenters. The van der Waals surface area contributed by atoms with Gasteiger partial charge in [0.25, 0.3) is 11.6 Å². The summed E-state index contributed by atoms with van der Waals surface area (Å²) in [6, 6.07) is 10.1. The number of hydrogen-bond acceptors (Lipinski definition) is 8. The molecule has 2 heterocycles. The number of carbonyl (C=O) groups excluding carboxylic acids is 1. The van der Waals surface area contributed by atoms with Crippen molar-refractivity contribution in [1.82, 2.24) is 19.8 Å². The van der Waals surface area contributed by atoms with Crippen LogP contribution in [-0.4, -0.2) is 54.3 Å². The van der Waals surface area contributed by atoms with Crippen molar-refractivity contribution in [2.75, 3.05) is 13.2 Å². The van der Waals surface area contributed by atoms with Crippen molar-refractivity contribution in [2.24, 2.45) is 0 Å². The molecule has 208 valence electrons. The molecule has 0 spiro atoms. The van der Waals surface area contributed by atoms with Gasteiger partial charge < -0.3 is 14.8 Å². The number of rotatable bonds is 10. The van der Waals surface area contributed by atoms with Crippen LogP contribution in [0.3, 0.4) is 0 Å². The molecule has 2 N–H and O–H groups in total. The van der Waals surface area contributed by atoms with E-state index in [-0.39, 0.29) is 23.4 Å². The van der Waals surface area contributed by atoms with Crippen LogP contribution in [0.1, 0.15) is 48.3 Å². The average molecular weight is 558 g/mol. The highest BCUT2D eigenvalue weighted by molar-refractivity contribution is 7.89. The number of nitro groups is 1. The summed E-state index contributed by atoms with van der Waals surface area (Å²) in [5, 5.41) is 18.8. The first-order chi connectivity index (χ1) is 18.5. The Kier molecular flexibility index (Phi) is 8.33. The Balaban J connectivity index is 1.79. The van der Waals surface area contributed by atoms with E-state index in [1.807, 2.05) is 19.1 Å². The fraction of sp³-hybridized carbons (Fsp3) is 0.385. The average Bonchev–Trinajstić information content (AvgIpc) is 3.51. The third-order valence-electron chi connectivity index (χ3n) is 6.10. The molecular formula is C26H31N5O7S. The standard InChI is InChI=1S/C26H31N5O7S/c1-16(2)29-39(35,36)23-14-20(31(33)34)11-12-22(23)38-26-18(4)24(25(32)27-15-21-6-5-13-37-21)28-30(26)19-9-7-17(3)8-10-19/h7-12,14,16,21,29H,5-6,13,15H2,1-4H3,(H,27,32)/t21-/m0/s1. The minimum absolute atomic E-state index is 0.0644. The van der Waals surface area contributed by atoms with Gasteiger partial charge in [-0.3, -0.25) is 14.9 Å². The second-order valence-electron chi connectivity index (χ2n) is 9.64. The zero-order valence-electron chi connectivity index (χ0n) is 22.1. The number of aryl methyl sites for hydroxylation is 1. The molecule has 1 aliphatic rings. The SMILES string of the molecule is Cc1ccc(-n2nc(C(=O)NC[C@@H]3CCCO3)c(C)c2Oc2ccc([N+](=O)[O-])cc2S(=O)(=O)NC(C)C)cc1. The molecule has 1 aliphatic heterocycles. The van der Waals surface area contributed by atoms with Gasteiger partial charge in [0, 0.05) is 36.9 Å². The lowest BCUT2D eigenvalue weighted by atomic mass is 10.2. The predicted molar refractivity (Wildman–Crippen MR) is 143 cm³/mol. The molecule has 4 rings (SSSR count). The Bertz CT molecular complexity index is 1480. The number of sulfonamides is 1. The first-order valence-electron chi connectivity index (χ1n) is 12.5. The van der Waals surface area contributed by atoms with Gasteiger partial charge in [0.15, 0.2) is 5.69 Å². The highest BCUT2D eigenvalue weighted by Crippen LogP contribution is 2.35. The number of non-ortho nitro benzene ring substituents is 1. The summed E-state index contributed by atoms with van der Waals surface area (Å²) in [4.78, 5) is 23.4. The maximum Gasteiger partial charge on any atom is 0.272 e. The van der Waals surface area contributed by atoms with Crippen LogP contribution in [0.15, 0.2) is 47.4 Å². The molecule has 1 fully saturated rings. The highest BCUT2D eigenvalue weighted by Gasteiger charge is 2.28. The van der Waals surface area contributed by atoms with Gasteiger partial charge in [0.05, 0.1) is 16.7 Å². The molecule has 0 saturated carbocycles. The maximum atomic E-state index is 13.1. The largest absolute Gasteiger partial charge is 0.437 e. The van der Waals surface area contributed by atoms with E-state index in [1.54, 1.807) is 32.9 Å². The molecule has 2 aromatic carbocycles. The van der Waals surface area contributed by atoms with E-state index in [2.05, 4.69) is 15.1 Å². The second-order valence-corrected chi connectivity index (χ2v) is 11.3. The number of aromatic nitrogens is 2. The molecule has 3 aromatic rings. The Morgan fingerprint density at radius 3 is 2.56 bits per heavy atom. The summed E-state index contributed by atoms with van der Waals surface area (Å²) in [6.45, 7) is 7.82. The van der Waals surface area contributed by atoms with E-state index in [0.29, 0.717) is 24.4 Å². The number of benzene rings is 2. The van der Waals surface area contributed by atoms with Gasteiger partial charge in [0.2, 0.25) is 15.9 Å². The molecule has 13 heteroatoms. The Morgan fingerprint density at radius 1 is 1.23 bits per heavy atom. The van der Waals surface area contributed by atoms with E-state index in [9.17, 15) is 23.3 Å². The summed E-state index contributed by atoms with van der Waals surface area (Å²) in [5.74, 6) is -0.496. The van der Waals surface area contributed by atoms with Crippen molar-refractivity contribution in [2.45, 2.75) is 57.6 Å². The van der Waals surface area contributed by atoms with Crippen LogP contribution < -0.4 is 14.8 Å². The van der Waals surface area contributed by atoms with Crippen LogP contribution in [-0.2, 0) is 14.8 Å². The van der Waals surface area contributed by atoms with E-state index in [0.717, 1.165) is 30.5 Å². The van der Waals surface area contributed by atoms with Crippen molar-refractivity contribution in [3.63, 3.8) is 0 Å². The maximum absolute atomic E-state index is 13.1. The molecular weight excluding hydrogens is 526 g/mol. The van der Waals surface area contributed by atoms with Crippen LogP contribution in [0.4, 0.5) is 5.69 Å². The van der Waals surface area contributed by atoms with Gasteiger partial charge in [0.1, 0.15) is 10.6 Å². The van der Waals surface area contributed by atoms with Gasteiger partial charge >= 0.3 is 0 Å². The van der Waals surface area contributed by atoms with Crippen molar-refractivity contribution in [1.29, 1.82) is 0 Å². The van der Waals surface area contributed by atoms with Crippen molar-refractivity contribution in [3.05, 3.63) is 69.4 Å². The van der Waals surface area contributed by atoms with Crippen LogP contribution in [0, 0.1) is 24.0 Å². The third kappa shape index (κ3) is 6.44. The fourth-order valence-electron chi connectivity index (χ4n) is 4.16. The minimum atomic E-state index is -4.19. The minimum Gasteiger partial charge on any atom is -0.437 e. The Morgan fingerprint density at radius 2 is 1.95 bits per heavy atom. The number of ether oxygens (including phenoxy) is 2. The molecule has 0 radical (unpaired) electrons. The van der Waals surface area contributed by atoms with Crippen molar-refractivity contribution < 1.29 is 27.6 Å². The molecule has 0 aliphatic carbocycles. The van der Waals surface area contributed by atoms with Crippen LogP contribution in [0.2, 0.25) is 0 Å². The van der Waals surface area contributed by atoms with Gasteiger partial charge in [-0.25, -0.2) is 13.1 Å². The van der Waals surface area contributed by atoms with Crippen LogP contribution in [0.5, 0.6) is 11.6 Å². The Labute approximate surface area is 226 Å². The van der Waals surface area contributed by atoms with Gasteiger partial charge in [-0.15, -0.1) is 0 Å². The fourth-order valence-corrected chi connectivity index (χ4v) is 5.55. The normalized spacial score (nSPS) is 15.5. The van der Waals surface area contributed by atoms with Crippen molar-refractivity contribution >= 4 is 21.6 Å². The summed E-state index contributed by atoms with van der Waals surface area (Å²) < 4.78 is 41.8.